The van der Waals surface area contributed by atoms with Crippen molar-refractivity contribution in [1.82, 2.24) is 0 Å². The molecule has 1 saturated heterocycles. The highest BCUT2D eigenvalue weighted by atomic mass is 16.5. The van der Waals surface area contributed by atoms with Gasteiger partial charge in [-0.2, -0.15) is 0 Å². The highest BCUT2D eigenvalue weighted by molar-refractivity contribution is 5.35. The fourth-order valence-corrected chi connectivity index (χ4v) is 12.1. The van der Waals surface area contributed by atoms with E-state index in [0.717, 1.165) is 38.2 Å². The molecule has 0 aromatic heterocycles. The van der Waals surface area contributed by atoms with Crippen LogP contribution in [0.2, 0.25) is 0 Å². The zero-order valence-corrected chi connectivity index (χ0v) is 25.4. The largest absolute Gasteiger partial charge is 0.393 e. The standard InChI is InChI=1S/C33H54O5/c1-18(2)38-29(6,7)26(35)20-16-19(3)24-25(37-20)27(36)31(9)22-11-10-21-28(4,5)23(34)12-13-32(21)17-33(22,32)15-14-30(24,31)8/h18-19,21-24,26-27,34-36H,10-17H2,1-9H3/t19-,21+,22+,23?,24?,26-,27+,30-,31-,32-,33?/m1/s1. The van der Waals surface area contributed by atoms with E-state index in [0.29, 0.717) is 41.1 Å². The van der Waals surface area contributed by atoms with Gasteiger partial charge in [0.15, 0.2) is 0 Å². The molecule has 0 aromatic rings. The fourth-order valence-electron chi connectivity index (χ4n) is 12.1. The van der Waals surface area contributed by atoms with Crippen LogP contribution >= 0.6 is 0 Å². The molecule has 3 N–H and O–H groups in total. The SMILES string of the molecule is CC(C)OC(C)(C)[C@H](O)[C]1C[C@@H](C)C2[C](O1)[C@H](O)[C@@]1(C)[C@@H]3CC[C@H]4C(C)(C)C(O)CC[C@@]45CC35CC[C@]21C. The zero-order valence-electron chi connectivity index (χ0n) is 25.4. The van der Waals surface area contributed by atoms with Crippen molar-refractivity contribution in [3.05, 3.63) is 12.2 Å². The van der Waals surface area contributed by atoms with Crippen LogP contribution in [-0.4, -0.2) is 45.3 Å². The molecule has 6 aliphatic rings. The molecule has 5 aliphatic carbocycles. The maximum atomic E-state index is 12.3. The smallest absolute Gasteiger partial charge is 0.131 e. The van der Waals surface area contributed by atoms with E-state index in [1.807, 2.05) is 27.7 Å². The van der Waals surface area contributed by atoms with Gasteiger partial charge in [-0.05, 0) is 118 Å². The first-order chi connectivity index (χ1) is 17.5. The van der Waals surface area contributed by atoms with Crippen LogP contribution in [0, 0.1) is 63.0 Å². The Morgan fingerprint density at radius 3 is 2.24 bits per heavy atom. The molecule has 3 unspecified atom stereocenters. The molecular formula is C33H54O5. The highest BCUT2D eigenvalue weighted by Crippen LogP contribution is 2.89. The zero-order chi connectivity index (χ0) is 27.8. The van der Waals surface area contributed by atoms with Gasteiger partial charge in [0, 0.05) is 11.3 Å². The highest BCUT2D eigenvalue weighted by Gasteiger charge is 2.84. The first kappa shape index (κ1) is 27.9. The van der Waals surface area contributed by atoms with E-state index in [-0.39, 0.29) is 34.4 Å². The fraction of sp³-hybridized carbons (Fsp3) is 0.939. The summed E-state index contributed by atoms with van der Waals surface area (Å²) in [5, 5.41) is 34.6. The predicted molar refractivity (Wildman–Crippen MR) is 147 cm³/mol. The first-order valence-corrected chi connectivity index (χ1v) is 15.6. The number of aliphatic hydroxyl groups excluding tert-OH is 3. The van der Waals surface area contributed by atoms with Crippen molar-refractivity contribution in [2.45, 2.75) is 144 Å². The molecule has 0 bridgehead atoms. The van der Waals surface area contributed by atoms with Crippen LogP contribution in [0.3, 0.4) is 0 Å². The van der Waals surface area contributed by atoms with Crippen LogP contribution in [0.15, 0.2) is 0 Å². The average molecular weight is 531 g/mol. The maximum Gasteiger partial charge on any atom is 0.131 e. The van der Waals surface area contributed by atoms with Crippen molar-refractivity contribution in [3.63, 3.8) is 0 Å². The van der Waals surface area contributed by atoms with Gasteiger partial charge in [0.05, 0.1) is 23.9 Å². The minimum Gasteiger partial charge on any atom is -0.393 e. The van der Waals surface area contributed by atoms with Crippen LogP contribution in [0.1, 0.15) is 114 Å². The molecule has 6 rings (SSSR count). The lowest BCUT2D eigenvalue weighted by Crippen LogP contribution is -2.59. The van der Waals surface area contributed by atoms with E-state index < -0.39 is 17.8 Å². The Labute approximate surface area is 231 Å². The molecule has 0 amide bonds. The van der Waals surface area contributed by atoms with Gasteiger partial charge in [-0.15, -0.1) is 0 Å². The van der Waals surface area contributed by atoms with E-state index in [1.165, 1.54) is 12.8 Å². The number of hydrogen-bond donors (Lipinski definition) is 3. The van der Waals surface area contributed by atoms with Crippen LogP contribution < -0.4 is 0 Å². The topological polar surface area (TPSA) is 79.2 Å². The quantitative estimate of drug-likeness (QED) is 0.412. The van der Waals surface area contributed by atoms with Gasteiger partial charge in [-0.3, -0.25) is 0 Å². The summed E-state index contributed by atoms with van der Waals surface area (Å²) < 4.78 is 12.7. The minimum atomic E-state index is -0.847. The first-order valence-electron chi connectivity index (χ1n) is 15.6. The summed E-state index contributed by atoms with van der Waals surface area (Å²) in [6, 6.07) is 0. The van der Waals surface area contributed by atoms with Gasteiger partial charge in [0.2, 0.25) is 0 Å². The van der Waals surface area contributed by atoms with E-state index >= 15 is 0 Å². The number of ether oxygens (including phenoxy) is 2. The van der Waals surface area contributed by atoms with Gasteiger partial charge < -0.3 is 24.8 Å². The summed E-state index contributed by atoms with van der Waals surface area (Å²) in [5.41, 5.74) is -0.454. The molecule has 2 radical (unpaired) electrons. The van der Waals surface area contributed by atoms with Crippen molar-refractivity contribution in [3.8, 4) is 0 Å². The van der Waals surface area contributed by atoms with E-state index in [4.69, 9.17) is 9.47 Å². The third-order valence-corrected chi connectivity index (χ3v) is 13.9. The molecule has 6 fully saturated rings. The summed E-state index contributed by atoms with van der Waals surface area (Å²) in [6.45, 7) is 19.6. The van der Waals surface area contributed by atoms with E-state index in [1.54, 1.807) is 0 Å². The molecule has 2 spiro atoms. The monoisotopic (exact) mass is 530 g/mol. The van der Waals surface area contributed by atoms with Crippen molar-refractivity contribution in [2.24, 2.45) is 50.7 Å². The van der Waals surface area contributed by atoms with Gasteiger partial charge in [0.25, 0.3) is 0 Å². The second-order valence-electron chi connectivity index (χ2n) is 16.5. The second kappa shape index (κ2) is 8.21. The molecule has 5 heteroatoms. The second-order valence-corrected chi connectivity index (χ2v) is 16.5. The van der Waals surface area contributed by atoms with E-state index in [2.05, 4.69) is 34.6 Å². The molecule has 216 valence electrons. The van der Waals surface area contributed by atoms with Gasteiger partial charge in [-0.25, -0.2) is 0 Å². The summed E-state index contributed by atoms with van der Waals surface area (Å²) in [7, 11) is 0. The number of hydrogen-bond acceptors (Lipinski definition) is 5. The van der Waals surface area contributed by atoms with Crippen LogP contribution in [0.25, 0.3) is 0 Å². The molecular weight excluding hydrogens is 476 g/mol. The summed E-state index contributed by atoms with van der Waals surface area (Å²) in [6.07, 6.45) is 8.48. The Kier molecular flexibility index (Phi) is 6.04. The molecule has 11 atom stereocenters. The molecule has 5 nitrogen and oxygen atoms in total. The van der Waals surface area contributed by atoms with Crippen LogP contribution in [0.4, 0.5) is 0 Å². The Balaban J connectivity index is 1.32. The van der Waals surface area contributed by atoms with Gasteiger partial charge in [0.1, 0.15) is 18.3 Å². The van der Waals surface area contributed by atoms with Crippen LogP contribution in [0.5, 0.6) is 0 Å². The Morgan fingerprint density at radius 1 is 0.947 bits per heavy atom. The summed E-state index contributed by atoms with van der Waals surface area (Å²) in [5.74, 6) is 1.53. The minimum absolute atomic E-state index is 0.00230. The third-order valence-electron chi connectivity index (χ3n) is 13.9. The summed E-state index contributed by atoms with van der Waals surface area (Å²) >= 11 is 0. The molecule has 1 heterocycles. The average Bonchev–Trinajstić information content (AvgIpc) is 3.45. The predicted octanol–water partition coefficient (Wildman–Crippen LogP) is 6.05. The number of fused-ring (bicyclic) bond motifs is 4. The van der Waals surface area contributed by atoms with Crippen molar-refractivity contribution in [1.29, 1.82) is 0 Å². The Hall–Kier alpha value is -0.200. The van der Waals surface area contributed by atoms with E-state index in [9.17, 15) is 15.3 Å². The Bertz CT molecular complexity index is 961. The van der Waals surface area contributed by atoms with Crippen molar-refractivity contribution >= 4 is 0 Å². The lowest BCUT2D eigenvalue weighted by Gasteiger charge is -2.63. The maximum absolute atomic E-state index is 12.3. The number of rotatable bonds is 4. The number of aliphatic hydroxyl groups is 3. The Morgan fingerprint density at radius 2 is 1.58 bits per heavy atom. The third kappa shape index (κ3) is 3.18. The van der Waals surface area contributed by atoms with Crippen LogP contribution in [-0.2, 0) is 9.47 Å². The molecule has 1 aliphatic heterocycles. The van der Waals surface area contributed by atoms with Crippen molar-refractivity contribution in [2.75, 3.05) is 0 Å². The summed E-state index contributed by atoms with van der Waals surface area (Å²) in [4.78, 5) is 0. The molecule has 38 heavy (non-hydrogen) atoms. The van der Waals surface area contributed by atoms with Gasteiger partial charge in [-0.1, -0.05) is 34.6 Å². The molecule has 0 aromatic carbocycles. The normalized spacial score (nSPS) is 53.0. The lowest BCUT2D eigenvalue weighted by molar-refractivity contribution is -0.181. The van der Waals surface area contributed by atoms with Gasteiger partial charge >= 0.3 is 0 Å². The lowest BCUT2D eigenvalue weighted by atomic mass is 9.41. The van der Waals surface area contributed by atoms with Crippen molar-refractivity contribution < 1.29 is 24.8 Å². The molecule has 5 saturated carbocycles.